The maximum Gasteiger partial charge on any atom is 0.326 e. The average Bonchev–Trinajstić information content (AvgIpc) is 3.09. The highest BCUT2D eigenvalue weighted by molar-refractivity contribution is 7.99. The van der Waals surface area contributed by atoms with Gasteiger partial charge in [0.25, 0.3) is 0 Å². The van der Waals surface area contributed by atoms with Crippen LogP contribution in [0.2, 0.25) is 0 Å². The van der Waals surface area contributed by atoms with Crippen molar-refractivity contribution >= 4 is 23.6 Å². The van der Waals surface area contributed by atoms with Gasteiger partial charge < -0.3 is 10.0 Å². The van der Waals surface area contributed by atoms with E-state index in [2.05, 4.69) is 10.2 Å². The molecule has 3 rings (SSSR count). The third kappa shape index (κ3) is 4.01. The Bertz CT molecular complexity index is 760. The van der Waals surface area contributed by atoms with E-state index in [1.165, 1.54) is 16.7 Å². The summed E-state index contributed by atoms with van der Waals surface area (Å²) in [6, 6.07) is 7.22. The summed E-state index contributed by atoms with van der Waals surface area (Å²) in [7, 11) is 0. The van der Waals surface area contributed by atoms with Crippen LogP contribution in [0.4, 0.5) is 0 Å². The van der Waals surface area contributed by atoms with Crippen molar-refractivity contribution in [1.29, 1.82) is 0 Å². The molecule has 1 amide bonds. The Labute approximate surface area is 150 Å². The SMILES string of the molecule is Cc1ccc(-n2cnnc2SCC(=O)N2CCCCC2C(=O)O)cc1. The highest BCUT2D eigenvalue weighted by Gasteiger charge is 2.31. The Morgan fingerprint density at radius 3 is 2.76 bits per heavy atom. The molecule has 25 heavy (non-hydrogen) atoms. The summed E-state index contributed by atoms with van der Waals surface area (Å²) in [5, 5.41) is 17.9. The standard InChI is InChI=1S/C17H20N4O3S/c1-12-5-7-13(8-6-12)21-11-18-19-17(21)25-10-15(22)20-9-3-2-4-14(20)16(23)24/h5-8,11,14H,2-4,9-10H2,1H3,(H,23,24). The lowest BCUT2D eigenvalue weighted by Gasteiger charge is -2.32. The Kier molecular flexibility index (Phi) is 5.37. The molecule has 1 atom stereocenters. The summed E-state index contributed by atoms with van der Waals surface area (Å²) in [6.45, 7) is 2.52. The quantitative estimate of drug-likeness (QED) is 0.822. The van der Waals surface area contributed by atoms with Crippen LogP contribution in [0.25, 0.3) is 5.69 Å². The number of rotatable bonds is 5. The predicted octanol–water partition coefficient (Wildman–Crippen LogP) is 2.13. The normalized spacial score (nSPS) is 17.5. The van der Waals surface area contributed by atoms with Crippen molar-refractivity contribution in [3.8, 4) is 5.69 Å². The lowest BCUT2D eigenvalue weighted by molar-refractivity contribution is -0.150. The molecule has 7 nitrogen and oxygen atoms in total. The van der Waals surface area contributed by atoms with Crippen LogP contribution in [0.3, 0.4) is 0 Å². The number of hydrogen-bond donors (Lipinski definition) is 1. The number of carbonyl (C=O) groups is 2. The van der Waals surface area contributed by atoms with E-state index in [0.29, 0.717) is 18.1 Å². The number of carbonyl (C=O) groups excluding carboxylic acids is 1. The Hall–Kier alpha value is -2.35. The Morgan fingerprint density at radius 2 is 2.04 bits per heavy atom. The maximum absolute atomic E-state index is 12.5. The fourth-order valence-electron chi connectivity index (χ4n) is 2.90. The molecule has 1 unspecified atom stereocenters. The number of amides is 1. The summed E-state index contributed by atoms with van der Waals surface area (Å²) in [5.41, 5.74) is 2.08. The predicted molar refractivity (Wildman–Crippen MR) is 93.8 cm³/mol. The van der Waals surface area contributed by atoms with Crippen molar-refractivity contribution in [2.24, 2.45) is 0 Å². The fraction of sp³-hybridized carbons (Fsp3) is 0.412. The summed E-state index contributed by atoms with van der Waals surface area (Å²) in [6.07, 6.45) is 3.82. The van der Waals surface area contributed by atoms with Gasteiger partial charge in [-0.25, -0.2) is 4.79 Å². The van der Waals surface area contributed by atoms with Crippen LogP contribution < -0.4 is 0 Å². The minimum absolute atomic E-state index is 0.147. The molecule has 1 aliphatic rings. The number of aryl methyl sites for hydroxylation is 1. The zero-order valence-corrected chi connectivity index (χ0v) is 14.8. The van der Waals surface area contributed by atoms with E-state index in [1.54, 1.807) is 6.33 Å². The third-order valence-electron chi connectivity index (χ3n) is 4.26. The second-order valence-corrected chi connectivity index (χ2v) is 6.99. The number of piperidine rings is 1. The number of nitrogens with zero attached hydrogens (tertiary/aromatic N) is 4. The van der Waals surface area contributed by atoms with Crippen LogP contribution in [0.1, 0.15) is 24.8 Å². The van der Waals surface area contributed by atoms with Crippen molar-refractivity contribution in [1.82, 2.24) is 19.7 Å². The summed E-state index contributed by atoms with van der Waals surface area (Å²) >= 11 is 1.27. The number of hydrogen-bond acceptors (Lipinski definition) is 5. The van der Waals surface area contributed by atoms with E-state index >= 15 is 0 Å². The largest absolute Gasteiger partial charge is 0.480 e. The van der Waals surface area contributed by atoms with Gasteiger partial charge in [-0.3, -0.25) is 9.36 Å². The second kappa shape index (κ2) is 7.69. The molecule has 2 heterocycles. The molecular weight excluding hydrogens is 340 g/mol. The van der Waals surface area contributed by atoms with Crippen molar-refractivity contribution < 1.29 is 14.7 Å². The third-order valence-corrected chi connectivity index (χ3v) is 5.19. The lowest BCUT2D eigenvalue weighted by atomic mass is 10.0. The van der Waals surface area contributed by atoms with Gasteiger partial charge in [0, 0.05) is 12.2 Å². The number of thioether (sulfide) groups is 1. The molecule has 1 N–H and O–H groups in total. The Morgan fingerprint density at radius 1 is 1.28 bits per heavy atom. The molecule has 0 saturated carbocycles. The first kappa shape index (κ1) is 17.5. The van der Waals surface area contributed by atoms with Crippen LogP contribution in [-0.4, -0.2) is 55.0 Å². The van der Waals surface area contributed by atoms with E-state index in [0.717, 1.165) is 24.1 Å². The van der Waals surface area contributed by atoms with Gasteiger partial charge in [0.15, 0.2) is 5.16 Å². The van der Waals surface area contributed by atoms with E-state index in [-0.39, 0.29) is 11.7 Å². The van der Waals surface area contributed by atoms with Crippen molar-refractivity contribution in [3.63, 3.8) is 0 Å². The minimum atomic E-state index is -0.930. The van der Waals surface area contributed by atoms with Crippen LogP contribution in [0.5, 0.6) is 0 Å². The average molecular weight is 360 g/mol. The van der Waals surface area contributed by atoms with Gasteiger partial charge in [-0.2, -0.15) is 0 Å². The van der Waals surface area contributed by atoms with Gasteiger partial charge in [-0.15, -0.1) is 10.2 Å². The zero-order valence-electron chi connectivity index (χ0n) is 14.0. The van der Waals surface area contributed by atoms with Crippen LogP contribution in [0.15, 0.2) is 35.7 Å². The van der Waals surface area contributed by atoms with Crippen LogP contribution >= 0.6 is 11.8 Å². The van der Waals surface area contributed by atoms with Crippen molar-refractivity contribution in [3.05, 3.63) is 36.2 Å². The molecule has 1 aromatic carbocycles. The van der Waals surface area contributed by atoms with Gasteiger partial charge in [0.05, 0.1) is 5.75 Å². The van der Waals surface area contributed by atoms with Crippen LogP contribution in [-0.2, 0) is 9.59 Å². The topological polar surface area (TPSA) is 88.3 Å². The van der Waals surface area contributed by atoms with E-state index in [9.17, 15) is 14.7 Å². The van der Waals surface area contributed by atoms with Gasteiger partial charge in [0.1, 0.15) is 12.4 Å². The van der Waals surface area contributed by atoms with E-state index in [1.807, 2.05) is 35.8 Å². The number of aliphatic carboxylic acids is 1. The van der Waals surface area contributed by atoms with Gasteiger partial charge in [-0.05, 0) is 38.3 Å². The van der Waals surface area contributed by atoms with E-state index in [4.69, 9.17) is 0 Å². The lowest BCUT2D eigenvalue weighted by Crippen LogP contribution is -2.48. The molecular formula is C17H20N4O3S. The van der Waals surface area contributed by atoms with Crippen LogP contribution in [0, 0.1) is 6.92 Å². The molecule has 1 aromatic heterocycles. The highest BCUT2D eigenvalue weighted by Crippen LogP contribution is 2.23. The number of likely N-dealkylation sites (tertiary alicyclic amines) is 1. The number of carboxylic acid groups (broad SMARTS) is 1. The smallest absolute Gasteiger partial charge is 0.326 e. The van der Waals surface area contributed by atoms with Gasteiger partial charge in [0.2, 0.25) is 5.91 Å². The van der Waals surface area contributed by atoms with E-state index < -0.39 is 12.0 Å². The second-order valence-electron chi connectivity index (χ2n) is 6.04. The molecule has 1 saturated heterocycles. The Balaban J connectivity index is 1.68. The molecule has 132 valence electrons. The van der Waals surface area contributed by atoms with Gasteiger partial charge in [-0.1, -0.05) is 29.5 Å². The first-order chi connectivity index (χ1) is 12.1. The number of carboxylic acids is 1. The summed E-state index contributed by atoms with van der Waals surface area (Å²) in [4.78, 5) is 25.3. The number of benzene rings is 1. The zero-order chi connectivity index (χ0) is 17.8. The molecule has 0 spiro atoms. The first-order valence-electron chi connectivity index (χ1n) is 8.18. The monoisotopic (exact) mass is 360 g/mol. The first-order valence-corrected chi connectivity index (χ1v) is 9.17. The summed E-state index contributed by atoms with van der Waals surface area (Å²) < 4.78 is 1.82. The molecule has 0 radical (unpaired) electrons. The molecule has 0 bridgehead atoms. The van der Waals surface area contributed by atoms with Crippen molar-refractivity contribution in [2.45, 2.75) is 37.4 Å². The highest BCUT2D eigenvalue weighted by atomic mass is 32.2. The minimum Gasteiger partial charge on any atom is -0.480 e. The number of aromatic nitrogens is 3. The molecule has 8 heteroatoms. The maximum atomic E-state index is 12.5. The molecule has 1 aliphatic heterocycles. The molecule has 0 aliphatic carbocycles. The molecule has 2 aromatic rings. The molecule has 1 fully saturated rings. The van der Waals surface area contributed by atoms with Gasteiger partial charge >= 0.3 is 5.97 Å². The summed E-state index contributed by atoms with van der Waals surface area (Å²) in [5.74, 6) is -0.953. The van der Waals surface area contributed by atoms with Crippen molar-refractivity contribution in [2.75, 3.05) is 12.3 Å². The fourth-order valence-corrected chi connectivity index (χ4v) is 3.72.